The third kappa shape index (κ3) is 4.86. The standard InChI is InChI=1S/C19H24N4OS/c1-12(2)11-23-14(4)13(3)21-19(23)25-15(5)18(24)22-17-8-6-7-16(9-17)10-20/h6-9,12,15H,11H2,1-5H3,(H,22,24)/t15-/m1/s1. The van der Waals surface area contributed by atoms with Crippen LogP contribution in [0.25, 0.3) is 0 Å². The Morgan fingerprint density at radius 1 is 1.36 bits per heavy atom. The van der Waals surface area contributed by atoms with E-state index in [-0.39, 0.29) is 11.2 Å². The van der Waals surface area contributed by atoms with Gasteiger partial charge in [0, 0.05) is 17.9 Å². The van der Waals surface area contributed by atoms with Crippen molar-refractivity contribution >= 4 is 23.4 Å². The normalized spacial score (nSPS) is 12.0. The summed E-state index contributed by atoms with van der Waals surface area (Å²) < 4.78 is 2.19. The van der Waals surface area contributed by atoms with Crippen molar-refractivity contribution in [1.29, 1.82) is 5.26 Å². The Balaban J connectivity index is 2.11. The molecule has 0 aliphatic rings. The summed E-state index contributed by atoms with van der Waals surface area (Å²) in [5.41, 5.74) is 3.30. The van der Waals surface area contributed by atoms with Crippen molar-refractivity contribution in [3.63, 3.8) is 0 Å². The molecule has 1 aromatic heterocycles. The van der Waals surface area contributed by atoms with Crippen molar-refractivity contribution in [2.75, 3.05) is 5.32 Å². The molecule has 0 aliphatic carbocycles. The number of thioether (sulfide) groups is 1. The first kappa shape index (κ1) is 19.1. The van der Waals surface area contributed by atoms with E-state index in [0.717, 1.165) is 23.1 Å². The van der Waals surface area contributed by atoms with Crippen LogP contribution in [-0.4, -0.2) is 20.7 Å². The summed E-state index contributed by atoms with van der Waals surface area (Å²) in [7, 11) is 0. The molecule has 0 aliphatic heterocycles. The molecular formula is C19H24N4OS. The quantitative estimate of drug-likeness (QED) is 0.790. The molecule has 6 heteroatoms. The van der Waals surface area contributed by atoms with Gasteiger partial charge in [-0.25, -0.2) is 4.98 Å². The number of benzene rings is 1. The van der Waals surface area contributed by atoms with Crippen LogP contribution in [0.5, 0.6) is 0 Å². The highest BCUT2D eigenvalue weighted by Crippen LogP contribution is 2.27. The average Bonchev–Trinajstić information content (AvgIpc) is 2.82. The third-order valence-corrected chi connectivity index (χ3v) is 4.97. The van der Waals surface area contributed by atoms with Crippen molar-refractivity contribution in [1.82, 2.24) is 9.55 Å². The molecule has 25 heavy (non-hydrogen) atoms. The van der Waals surface area contributed by atoms with Crippen molar-refractivity contribution in [2.24, 2.45) is 5.92 Å². The number of carbonyl (C=O) groups is 1. The lowest BCUT2D eigenvalue weighted by molar-refractivity contribution is -0.115. The minimum Gasteiger partial charge on any atom is -0.325 e. The molecule has 132 valence electrons. The average molecular weight is 356 g/mol. The van der Waals surface area contributed by atoms with Gasteiger partial charge in [0.15, 0.2) is 5.16 Å². The molecular weight excluding hydrogens is 332 g/mol. The number of rotatable bonds is 6. The van der Waals surface area contributed by atoms with Crippen molar-refractivity contribution in [2.45, 2.75) is 51.6 Å². The van der Waals surface area contributed by atoms with Crippen LogP contribution >= 0.6 is 11.8 Å². The molecule has 1 amide bonds. The zero-order valence-electron chi connectivity index (χ0n) is 15.3. The molecule has 0 saturated heterocycles. The molecule has 0 fully saturated rings. The monoisotopic (exact) mass is 356 g/mol. The maximum Gasteiger partial charge on any atom is 0.237 e. The topological polar surface area (TPSA) is 70.7 Å². The molecule has 0 radical (unpaired) electrons. The molecule has 1 heterocycles. The lowest BCUT2D eigenvalue weighted by atomic mass is 10.2. The number of nitrogens with zero attached hydrogens (tertiary/aromatic N) is 3. The lowest BCUT2D eigenvalue weighted by Crippen LogP contribution is -2.23. The van der Waals surface area contributed by atoms with E-state index in [1.165, 1.54) is 11.8 Å². The van der Waals surface area contributed by atoms with E-state index in [9.17, 15) is 4.79 Å². The molecule has 5 nitrogen and oxygen atoms in total. The van der Waals surface area contributed by atoms with Gasteiger partial charge in [-0.15, -0.1) is 0 Å². The van der Waals surface area contributed by atoms with Crippen molar-refractivity contribution in [3.8, 4) is 6.07 Å². The Morgan fingerprint density at radius 3 is 2.72 bits per heavy atom. The van der Waals surface area contributed by atoms with Gasteiger partial charge in [0.1, 0.15) is 0 Å². The van der Waals surface area contributed by atoms with Gasteiger partial charge in [0.25, 0.3) is 0 Å². The minimum absolute atomic E-state index is 0.102. The van der Waals surface area contributed by atoms with E-state index >= 15 is 0 Å². The molecule has 0 unspecified atom stereocenters. The number of anilines is 1. The van der Waals surface area contributed by atoms with Gasteiger partial charge in [-0.05, 0) is 44.9 Å². The summed E-state index contributed by atoms with van der Waals surface area (Å²) in [6, 6.07) is 8.99. The van der Waals surface area contributed by atoms with E-state index in [1.807, 2.05) is 13.8 Å². The van der Waals surface area contributed by atoms with Gasteiger partial charge in [-0.2, -0.15) is 5.26 Å². The molecule has 0 spiro atoms. The van der Waals surface area contributed by atoms with Crippen LogP contribution < -0.4 is 5.32 Å². The summed E-state index contributed by atoms with van der Waals surface area (Å²) in [5, 5.41) is 12.4. The van der Waals surface area contributed by atoms with Crippen LogP contribution in [0.15, 0.2) is 29.4 Å². The smallest absolute Gasteiger partial charge is 0.237 e. The Kier molecular flexibility index (Phi) is 6.27. The van der Waals surface area contributed by atoms with Gasteiger partial charge in [-0.1, -0.05) is 31.7 Å². The van der Waals surface area contributed by atoms with Crippen LogP contribution in [0.1, 0.15) is 37.7 Å². The van der Waals surface area contributed by atoms with Crippen molar-refractivity contribution < 1.29 is 4.79 Å². The number of hydrogen-bond donors (Lipinski definition) is 1. The Bertz CT molecular complexity index is 804. The molecule has 1 N–H and O–H groups in total. The van der Waals surface area contributed by atoms with E-state index in [0.29, 0.717) is 17.2 Å². The fourth-order valence-corrected chi connectivity index (χ4v) is 3.43. The van der Waals surface area contributed by atoms with Gasteiger partial charge < -0.3 is 9.88 Å². The van der Waals surface area contributed by atoms with E-state index in [1.54, 1.807) is 24.3 Å². The second-order valence-electron chi connectivity index (χ2n) is 6.51. The number of aryl methyl sites for hydroxylation is 1. The first-order chi connectivity index (χ1) is 11.8. The van der Waals surface area contributed by atoms with Gasteiger partial charge in [0.05, 0.1) is 22.6 Å². The first-order valence-electron chi connectivity index (χ1n) is 8.33. The fraction of sp³-hybridized carbons (Fsp3) is 0.421. The van der Waals surface area contributed by atoms with Crippen LogP contribution in [0, 0.1) is 31.1 Å². The number of imidazole rings is 1. The summed E-state index contributed by atoms with van der Waals surface area (Å²) in [5.74, 6) is 0.402. The molecule has 0 bridgehead atoms. The summed E-state index contributed by atoms with van der Waals surface area (Å²) in [4.78, 5) is 17.1. The predicted octanol–water partition coefficient (Wildman–Crippen LogP) is 4.15. The highest BCUT2D eigenvalue weighted by atomic mass is 32.2. The van der Waals surface area contributed by atoms with Crippen LogP contribution in [0.3, 0.4) is 0 Å². The molecule has 1 aromatic carbocycles. The van der Waals surface area contributed by atoms with E-state index in [4.69, 9.17) is 5.26 Å². The molecule has 0 saturated carbocycles. The zero-order chi connectivity index (χ0) is 18.6. The molecule has 2 aromatic rings. The molecule has 2 rings (SSSR count). The number of carbonyl (C=O) groups excluding carboxylic acids is 1. The van der Waals surface area contributed by atoms with Gasteiger partial charge in [-0.3, -0.25) is 4.79 Å². The van der Waals surface area contributed by atoms with Crippen LogP contribution in [0.4, 0.5) is 5.69 Å². The first-order valence-corrected chi connectivity index (χ1v) is 9.21. The maximum atomic E-state index is 12.5. The Morgan fingerprint density at radius 2 is 2.08 bits per heavy atom. The minimum atomic E-state index is -0.294. The number of amides is 1. The number of hydrogen-bond acceptors (Lipinski definition) is 4. The lowest BCUT2D eigenvalue weighted by Gasteiger charge is -2.15. The SMILES string of the molecule is Cc1nc(S[C@H](C)C(=O)Nc2cccc(C#N)c2)n(CC(C)C)c1C. The number of aromatic nitrogens is 2. The van der Waals surface area contributed by atoms with E-state index in [2.05, 4.69) is 41.7 Å². The summed E-state index contributed by atoms with van der Waals surface area (Å²) in [6.07, 6.45) is 0. The second kappa shape index (κ2) is 8.21. The zero-order valence-corrected chi connectivity index (χ0v) is 16.1. The van der Waals surface area contributed by atoms with Crippen molar-refractivity contribution in [3.05, 3.63) is 41.2 Å². The van der Waals surface area contributed by atoms with Gasteiger partial charge >= 0.3 is 0 Å². The summed E-state index contributed by atoms with van der Waals surface area (Å²) >= 11 is 1.46. The highest BCUT2D eigenvalue weighted by Gasteiger charge is 2.20. The van der Waals surface area contributed by atoms with Gasteiger partial charge in [0.2, 0.25) is 5.91 Å². The fourth-order valence-electron chi connectivity index (χ4n) is 2.42. The van der Waals surface area contributed by atoms with Crippen LogP contribution in [-0.2, 0) is 11.3 Å². The predicted molar refractivity (Wildman–Crippen MR) is 102 cm³/mol. The Labute approximate surface area is 153 Å². The summed E-state index contributed by atoms with van der Waals surface area (Å²) in [6.45, 7) is 11.1. The third-order valence-electron chi connectivity index (χ3n) is 3.88. The second-order valence-corrected chi connectivity index (χ2v) is 7.82. The largest absolute Gasteiger partial charge is 0.325 e. The van der Waals surface area contributed by atoms with Crippen LogP contribution in [0.2, 0.25) is 0 Å². The van der Waals surface area contributed by atoms with E-state index < -0.39 is 0 Å². The molecule has 1 atom stereocenters. The maximum absolute atomic E-state index is 12.5. The number of nitrogens with one attached hydrogen (secondary N) is 1. The highest BCUT2D eigenvalue weighted by molar-refractivity contribution is 8.00. The Hall–Kier alpha value is -2.26. The number of nitriles is 1.